The molecule has 4 nitrogen and oxygen atoms in total. The molecule has 0 radical (unpaired) electrons. The van der Waals surface area contributed by atoms with E-state index < -0.39 is 11.5 Å². The van der Waals surface area contributed by atoms with Crippen molar-refractivity contribution in [2.45, 2.75) is 38.1 Å². The monoisotopic (exact) mass is 285 g/mol. The van der Waals surface area contributed by atoms with Crippen LogP contribution in [0.5, 0.6) is 0 Å². The average Bonchev–Trinajstić information content (AvgIpc) is 2.71. The second kappa shape index (κ2) is 4.72. The molecule has 1 aromatic carbocycles. The third kappa shape index (κ3) is 1.89. The van der Waals surface area contributed by atoms with E-state index in [0.717, 1.165) is 18.4 Å². The number of hydrogen-bond donors (Lipinski definition) is 1. The Balaban J connectivity index is 2.09. The summed E-state index contributed by atoms with van der Waals surface area (Å²) < 4.78 is 0. The van der Waals surface area contributed by atoms with Crippen molar-refractivity contribution in [3.8, 4) is 0 Å². The van der Waals surface area contributed by atoms with Gasteiger partial charge < -0.3 is 5.11 Å². The molecule has 0 aromatic heterocycles. The van der Waals surface area contributed by atoms with E-state index in [-0.39, 0.29) is 5.91 Å². The second-order valence-electron chi connectivity index (χ2n) is 6.17. The molecule has 110 valence electrons. The zero-order chi connectivity index (χ0) is 15.2. The third-order valence-corrected chi connectivity index (χ3v) is 4.74. The van der Waals surface area contributed by atoms with Crippen LogP contribution in [-0.4, -0.2) is 27.4 Å². The molecule has 2 atom stereocenters. The molecular formula is C17H19NO3. The number of carbonyl (C=O) groups excluding carboxylic acids is 1. The predicted octanol–water partition coefficient (Wildman–Crippen LogP) is 3.15. The topological polar surface area (TPSA) is 57.6 Å². The van der Waals surface area contributed by atoms with Gasteiger partial charge in [0.05, 0.1) is 0 Å². The maximum absolute atomic E-state index is 12.7. The van der Waals surface area contributed by atoms with E-state index in [4.69, 9.17) is 0 Å². The van der Waals surface area contributed by atoms with Gasteiger partial charge in [0.25, 0.3) is 5.91 Å². The largest absolute Gasteiger partial charge is 0.479 e. The molecule has 1 aliphatic carbocycles. The Hall–Kier alpha value is -2.10. The zero-order valence-electron chi connectivity index (χ0n) is 12.1. The van der Waals surface area contributed by atoms with E-state index in [0.29, 0.717) is 30.0 Å². The highest BCUT2D eigenvalue weighted by Gasteiger charge is 2.52. The van der Waals surface area contributed by atoms with Crippen LogP contribution >= 0.6 is 0 Å². The van der Waals surface area contributed by atoms with Crippen molar-refractivity contribution in [1.29, 1.82) is 0 Å². The summed E-state index contributed by atoms with van der Waals surface area (Å²) in [5.74, 6) is -0.859. The minimum absolute atomic E-state index is 0.230. The van der Waals surface area contributed by atoms with Gasteiger partial charge in [-0.25, -0.2) is 4.79 Å². The summed E-state index contributed by atoms with van der Waals surface area (Å²) in [4.78, 5) is 26.2. The normalized spacial score (nSPS) is 28.6. The van der Waals surface area contributed by atoms with E-state index in [1.807, 2.05) is 19.1 Å². The quantitative estimate of drug-likeness (QED) is 0.908. The molecule has 2 unspecified atom stereocenters. The first-order valence-electron chi connectivity index (χ1n) is 7.33. The van der Waals surface area contributed by atoms with Crippen molar-refractivity contribution < 1.29 is 14.7 Å². The molecule has 1 aliphatic heterocycles. The Labute approximate surface area is 124 Å². The van der Waals surface area contributed by atoms with Crippen molar-refractivity contribution in [3.05, 3.63) is 42.0 Å². The lowest BCUT2D eigenvalue weighted by atomic mass is 9.75. The number of hydrogen-bond acceptors (Lipinski definition) is 2. The van der Waals surface area contributed by atoms with Crippen LogP contribution in [-0.2, 0) is 4.79 Å². The molecule has 3 rings (SSSR count). The fraction of sp³-hybridized carbons (Fsp3) is 0.412. The van der Waals surface area contributed by atoms with E-state index >= 15 is 0 Å². The van der Waals surface area contributed by atoms with Crippen LogP contribution in [0.2, 0.25) is 0 Å². The Morgan fingerprint density at radius 1 is 1.38 bits per heavy atom. The standard InChI is InChI=1S/C17H19NO3/c1-11-6-5-9-17(10-11,16(20)21)18-12(2)13-7-3-4-8-14(13)15(18)19/h3-4,7-8,11H,2,5-6,9-10H2,1H3,(H,20,21). The number of nitrogens with zero attached hydrogens (tertiary/aromatic N) is 1. The van der Waals surface area contributed by atoms with E-state index in [9.17, 15) is 14.7 Å². The molecular weight excluding hydrogens is 266 g/mol. The molecule has 1 N–H and O–H groups in total. The van der Waals surface area contributed by atoms with Gasteiger partial charge in [-0.2, -0.15) is 0 Å². The number of carboxylic acid groups (broad SMARTS) is 1. The summed E-state index contributed by atoms with van der Waals surface area (Å²) in [6.45, 7) is 6.05. The lowest BCUT2D eigenvalue weighted by molar-refractivity contribution is -0.151. The van der Waals surface area contributed by atoms with Crippen LogP contribution in [0.25, 0.3) is 5.70 Å². The molecule has 1 aromatic rings. The maximum Gasteiger partial charge on any atom is 0.330 e. The number of rotatable bonds is 2. The van der Waals surface area contributed by atoms with Crippen LogP contribution in [0.4, 0.5) is 0 Å². The van der Waals surface area contributed by atoms with Gasteiger partial charge in [-0.05, 0) is 24.8 Å². The molecule has 4 heteroatoms. The van der Waals surface area contributed by atoms with Gasteiger partial charge in [-0.3, -0.25) is 9.69 Å². The Morgan fingerprint density at radius 3 is 2.62 bits per heavy atom. The molecule has 0 bridgehead atoms. The minimum Gasteiger partial charge on any atom is -0.479 e. The number of carbonyl (C=O) groups is 2. The van der Waals surface area contributed by atoms with Crippen LogP contribution < -0.4 is 0 Å². The Kier molecular flexibility index (Phi) is 3.12. The Bertz CT molecular complexity index is 602. The molecule has 21 heavy (non-hydrogen) atoms. The number of fused-ring (bicyclic) bond motifs is 1. The van der Waals surface area contributed by atoms with Crippen molar-refractivity contribution >= 4 is 17.6 Å². The smallest absolute Gasteiger partial charge is 0.330 e. The summed E-state index contributed by atoms with van der Waals surface area (Å²) in [6, 6.07) is 7.21. The van der Waals surface area contributed by atoms with Gasteiger partial charge in [-0.15, -0.1) is 0 Å². The summed E-state index contributed by atoms with van der Waals surface area (Å²) >= 11 is 0. The van der Waals surface area contributed by atoms with Gasteiger partial charge in [0.15, 0.2) is 0 Å². The van der Waals surface area contributed by atoms with E-state index in [2.05, 4.69) is 6.58 Å². The molecule has 1 heterocycles. The molecule has 2 aliphatic rings. The van der Waals surface area contributed by atoms with Crippen LogP contribution in [0.1, 0.15) is 48.5 Å². The fourth-order valence-electron chi connectivity index (χ4n) is 3.75. The highest BCUT2D eigenvalue weighted by Crippen LogP contribution is 2.45. The lowest BCUT2D eigenvalue weighted by Crippen LogP contribution is -2.56. The van der Waals surface area contributed by atoms with Crippen molar-refractivity contribution in [1.82, 2.24) is 4.90 Å². The van der Waals surface area contributed by atoms with Crippen LogP contribution in [0.3, 0.4) is 0 Å². The van der Waals surface area contributed by atoms with Gasteiger partial charge in [-0.1, -0.05) is 44.5 Å². The van der Waals surface area contributed by atoms with Gasteiger partial charge >= 0.3 is 5.97 Å². The van der Waals surface area contributed by atoms with Crippen molar-refractivity contribution in [3.63, 3.8) is 0 Å². The van der Waals surface area contributed by atoms with Crippen molar-refractivity contribution in [2.75, 3.05) is 0 Å². The van der Waals surface area contributed by atoms with Gasteiger partial charge in [0.1, 0.15) is 5.54 Å². The first kappa shape index (κ1) is 13.9. The number of benzene rings is 1. The highest BCUT2D eigenvalue weighted by atomic mass is 16.4. The number of aliphatic carboxylic acids is 1. The van der Waals surface area contributed by atoms with E-state index in [1.54, 1.807) is 12.1 Å². The molecule has 1 amide bonds. The average molecular weight is 285 g/mol. The first-order chi connectivity index (χ1) is 9.97. The molecule has 0 spiro atoms. The van der Waals surface area contributed by atoms with Crippen molar-refractivity contribution in [2.24, 2.45) is 5.92 Å². The summed E-state index contributed by atoms with van der Waals surface area (Å²) in [5.41, 5.74) is 0.681. The second-order valence-corrected chi connectivity index (χ2v) is 6.17. The lowest BCUT2D eigenvalue weighted by Gasteiger charge is -2.43. The summed E-state index contributed by atoms with van der Waals surface area (Å²) in [5, 5.41) is 9.85. The van der Waals surface area contributed by atoms with Gasteiger partial charge in [0, 0.05) is 16.8 Å². The summed E-state index contributed by atoms with van der Waals surface area (Å²) in [7, 11) is 0. The highest BCUT2D eigenvalue weighted by molar-refractivity contribution is 6.11. The fourth-order valence-corrected chi connectivity index (χ4v) is 3.75. The zero-order valence-corrected chi connectivity index (χ0v) is 12.1. The number of carboxylic acids is 1. The third-order valence-electron chi connectivity index (χ3n) is 4.74. The van der Waals surface area contributed by atoms with Crippen LogP contribution in [0.15, 0.2) is 30.8 Å². The Morgan fingerprint density at radius 2 is 2.05 bits per heavy atom. The molecule has 1 saturated carbocycles. The predicted molar refractivity (Wildman–Crippen MR) is 79.6 cm³/mol. The minimum atomic E-state index is -1.15. The van der Waals surface area contributed by atoms with Crippen LogP contribution in [0, 0.1) is 5.92 Å². The van der Waals surface area contributed by atoms with Gasteiger partial charge in [0.2, 0.25) is 0 Å². The summed E-state index contributed by atoms with van der Waals surface area (Å²) in [6.07, 6.45) is 2.81. The molecule has 1 fully saturated rings. The SMILES string of the molecule is C=C1c2ccccc2C(=O)N1C1(C(=O)O)CCCC(C)C1. The molecule has 0 saturated heterocycles. The maximum atomic E-state index is 12.7. The van der Waals surface area contributed by atoms with E-state index in [1.165, 1.54) is 4.90 Å². The number of amides is 1. The first-order valence-corrected chi connectivity index (χ1v) is 7.33.